The molecular formula is C17H19N3O2. The second kappa shape index (κ2) is 4.87. The van der Waals surface area contributed by atoms with Crippen LogP contribution < -0.4 is 9.64 Å². The average Bonchev–Trinajstić information content (AvgIpc) is 2.94. The number of piperidine rings is 1. The van der Waals surface area contributed by atoms with Crippen LogP contribution in [0.5, 0.6) is 5.75 Å². The number of hydrogen-bond donors (Lipinski definition) is 0. The maximum Gasteiger partial charge on any atom is 0.170 e. The van der Waals surface area contributed by atoms with Crippen molar-refractivity contribution < 1.29 is 9.53 Å². The normalized spacial score (nSPS) is 19.9. The van der Waals surface area contributed by atoms with Crippen molar-refractivity contribution in [3.63, 3.8) is 0 Å². The molecule has 0 radical (unpaired) electrons. The monoisotopic (exact) mass is 297 g/mol. The first-order chi connectivity index (χ1) is 10.7. The van der Waals surface area contributed by atoms with Crippen LogP contribution in [0, 0.1) is 0 Å². The molecule has 0 N–H and O–H groups in total. The molecule has 0 amide bonds. The minimum absolute atomic E-state index is 0.205. The van der Waals surface area contributed by atoms with Gasteiger partial charge in [0.2, 0.25) is 0 Å². The van der Waals surface area contributed by atoms with Crippen LogP contribution in [0.25, 0.3) is 0 Å². The smallest absolute Gasteiger partial charge is 0.170 e. The van der Waals surface area contributed by atoms with Gasteiger partial charge in [-0.25, -0.2) is 0 Å². The lowest BCUT2D eigenvalue weighted by Crippen LogP contribution is -2.51. The highest BCUT2D eigenvalue weighted by atomic mass is 16.5. The number of ether oxygens (including phenoxy) is 1. The Morgan fingerprint density at radius 3 is 2.73 bits per heavy atom. The highest BCUT2D eigenvalue weighted by molar-refractivity contribution is 6.00. The van der Waals surface area contributed by atoms with E-state index in [0.29, 0.717) is 6.42 Å². The van der Waals surface area contributed by atoms with Crippen molar-refractivity contribution in [2.24, 2.45) is 7.05 Å². The number of ketones is 1. The molecule has 5 heteroatoms. The van der Waals surface area contributed by atoms with E-state index in [1.165, 1.54) is 0 Å². The van der Waals surface area contributed by atoms with Crippen LogP contribution in [0.3, 0.4) is 0 Å². The molecule has 114 valence electrons. The van der Waals surface area contributed by atoms with Crippen LogP contribution in [0.15, 0.2) is 36.7 Å². The van der Waals surface area contributed by atoms with Crippen LogP contribution in [0.2, 0.25) is 0 Å². The predicted octanol–water partition coefficient (Wildman–Crippen LogP) is 2.42. The number of hydrogen-bond acceptors (Lipinski definition) is 4. The van der Waals surface area contributed by atoms with Gasteiger partial charge in [-0.3, -0.25) is 9.48 Å². The van der Waals surface area contributed by atoms with Crippen LogP contribution >= 0.6 is 0 Å². The van der Waals surface area contributed by atoms with E-state index in [1.54, 1.807) is 0 Å². The summed E-state index contributed by atoms with van der Waals surface area (Å²) in [6.07, 6.45) is 6.13. The highest BCUT2D eigenvalue weighted by Crippen LogP contribution is 2.39. The van der Waals surface area contributed by atoms with Crippen molar-refractivity contribution in [3.8, 4) is 5.75 Å². The van der Waals surface area contributed by atoms with Gasteiger partial charge in [0.1, 0.15) is 11.4 Å². The van der Waals surface area contributed by atoms with Crippen LogP contribution in [-0.4, -0.2) is 34.3 Å². The van der Waals surface area contributed by atoms with Gasteiger partial charge in [0.25, 0.3) is 0 Å². The third-order valence-electron chi connectivity index (χ3n) is 4.73. The molecule has 0 aliphatic carbocycles. The van der Waals surface area contributed by atoms with Gasteiger partial charge in [-0.15, -0.1) is 0 Å². The van der Waals surface area contributed by atoms with Crippen LogP contribution in [0.4, 0.5) is 5.69 Å². The molecule has 2 aromatic rings. The number of carbonyl (C=O) groups excluding carboxylic acids is 1. The zero-order valence-electron chi connectivity index (χ0n) is 12.7. The van der Waals surface area contributed by atoms with Gasteiger partial charge in [0.15, 0.2) is 5.78 Å². The molecule has 1 aromatic carbocycles. The lowest BCUT2D eigenvalue weighted by atomic mass is 9.82. The molecule has 4 rings (SSSR count). The Balaban J connectivity index is 1.53. The minimum Gasteiger partial charge on any atom is -0.486 e. The van der Waals surface area contributed by atoms with Gasteiger partial charge in [-0.2, -0.15) is 5.10 Å². The summed E-state index contributed by atoms with van der Waals surface area (Å²) in [7, 11) is 1.93. The number of aryl methyl sites for hydroxylation is 1. The number of nitrogens with zero attached hydrogens (tertiary/aromatic N) is 3. The Bertz CT molecular complexity index is 714. The molecule has 1 fully saturated rings. The van der Waals surface area contributed by atoms with Crippen molar-refractivity contribution in [3.05, 3.63) is 42.2 Å². The number of fused-ring (bicyclic) bond motifs is 1. The summed E-state index contributed by atoms with van der Waals surface area (Å²) in [5, 5.41) is 4.23. The summed E-state index contributed by atoms with van der Waals surface area (Å²) in [5.74, 6) is 0.949. The molecule has 3 heterocycles. The quantitative estimate of drug-likeness (QED) is 0.811. The fourth-order valence-corrected chi connectivity index (χ4v) is 3.47. The first-order valence-electron chi connectivity index (χ1n) is 7.70. The van der Waals surface area contributed by atoms with Gasteiger partial charge < -0.3 is 9.64 Å². The van der Waals surface area contributed by atoms with Crippen molar-refractivity contribution >= 4 is 11.5 Å². The number of anilines is 1. The van der Waals surface area contributed by atoms with E-state index in [9.17, 15) is 4.79 Å². The van der Waals surface area contributed by atoms with E-state index in [0.717, 1.165) is 42.9 Å². The number of carbonyl (C=O) groups is 1. The van der Waals surface area contributed by atoms with E-state index in [4.69, 9.17) is 4.74 Å². The Morgan fingerprint density at radius 1 is 1.23 bits per heavy atom. The Hall–Kier alpha value is -2.30. The molecular weight excluding hydrogens is 278 g/mol. The lowest BCUT2D eigenvalue weighted by Gasteiger charge is -2.44. The molecule has 1 spiro atoms. The van der Waals surface area contributed by atoms with Gasteiger partial charge in [-0.05, 0) is 12.1 Å². The van der Waals surface area contributed by atoms with E-state index in [1.807, 2.05) is 48.4 Å². The topological polar surface area (TPSA) is 47.4 Å². The molecule has 0 atom stereocenters. The van der Waals surface area contributed by atoms with Gasteiger partial charge in [-0.1, -0.05) is 12.1 Å². The minimum atomic E-state index is -0.329. The van der Waals surface area contributed by atoms with Crippen molar-refractivity contribution in [2.75, 3.05) is 18.0 Å². The van der Waals surface area contributed by atoms with E-state index >= 15 is 0 Å². The highest BCUT2D eigenvalue weighted by Gasteiger charge is 2.42. The van der Waals surface area contributed by atoms with Gasteiger partial charge >= 0.3 is 0 Å². The summed E-state index contributed by atoms with van der Waals surface area (Å²) in [6, 6.07) is 7.58. The van der Waals surface area contributed by atoms with E-state index in [2.05, 4.69) is 10.00 Å². The molecule has 2 aliphatic heterocycles. The van der Waals surface area contributed by atoms with Crippen LogP contribution in [-0.2, 0) is 7.05 Å². The molecule has 5 nitrogen and oxygen atoms in total. The van der Waals surface area contributed by atoms with Crippen molar-refractivity contribution in [1.29, 1.82) is 0 Å². The summed E-state index contributed by atoms with van der Waals surface area (Å²) in [5.41, 5.74) is 1.53. The molecule has 2 aliphatic rings. The van der Waals surface area contributed by atoms with E-state index in [-0.39, 0.29) is 11.4 Å². The zero-order valence-corrected chi connectivity index (χ0v) is 12.7. The second-order valence-electron chi connectivity index (χ2n) is 6.24. The zero-order chi connectivity index (χ0) is 15.2. The number of rotatable bonds is 1. The summed E-state index contributed by atoms with van der Waals surface area (Å²) < 4.78 is 8.07. The number of benzene rings is 1. The lowest BCUT2D eigenvalue weighted by molar-refractivity contribution is 0.0232. The van der Waals surface area contributed by atoms with Gasteiger partial charge in [0.05, 0.1) is 23.9 Å². The third-order valence-corrected chi connectivity index (χ3v) is 4.73. The summed E-state index contributed by atoms with van der Waals surface area (Å²) in [6.45, 7) is 1.78. The molecule has 1 saturated heterocycles. The largest absolute Gasteiger partial charge is 0.486 e. The second-order valence-corrected chi connectivity index (χ2v) is 6.24. The summed E-state index contributed by atoms with van der Waals surface area (Å²) in [4.78, 5) is 14.7. The van der Waals surface area contributed by atoms with Crippen molar-refractivity contribution in [1.82, 2.24) is 9.78 Å². The Kier molecular flexibility index (Phi) is 2.96. The van der Waals surface area contributed by atoms with Crippen LogP contribution in [0.1, 0.15) is 29.6 Å². The fourth-order valence-electron chi connectivity index (χ4n) is 3.47. The molecule has 22 heavy (non-hydrogen) atoms. The van der Waals surface area contributed by atoms with Crippen molar-refractivity contribution in [2.45, 2.75) is 24.9 Å². The fraction of sp³-hybridized carbons (Fsp3) is 0.412. The standard InChI is InChI=1S/C17H19N3O2/c1-19-12-13(11-18-19)20-8-6-17(7-9-20)10-15(21)14-4-2-3-5-16(14)22-17/h2-5,11-12H,6-10H2,1H3. The molecule has 0 bridgehead atoms. The number of aromatic nitrogens is 2. The first kappa shape index (κ1) is 13.4. The maximum absolute atomic E-state index is 12.4. The van der Waals surface area contributed by atoms with Gasteiger partial charge in [0, 0.05) is 39.2 Å². The Labute approximate surface area is 129 Å². The molecule has 0 saturated carbocycles. The molecule has 1 aromatic heterocycles. The Morgan fingerprint density at radius 2 is 2.00 bits per heavy atom. The molecule has 0 unspecified atom stereocenters. The SMILES string of the molecule is Cn1cc(N2CCC3(CC2)CC(=O)c2ccccc2O3)cn1. The average molecular weight is 297 g/mol. The maximum atomic E-state index is 12.4. The predicted molar refractivity (Wildman–Crippen MR) is 83.4 cm³/mol. The number of Topliss-reactive ketones (excluding diaryl/α,β-unsaturated/α-hetero) is 1. The number of para-hydroxylation sites is 1. The third kappa shape index (κ3) is 2.17. The first-order valence-corrected chi connectivity index (χ1v) is 7.70. The summed E-state index contributed by atoms with van der Waals surface area (Å²) >= 11 is 0. The van der Waals surface area contributed by atoms with E-state index < -0.39 is 0 Å².